The molecule has 104 valence electrons. The molecule has 0 saturated carbocycles. The molecule has 5 heteroatoms. The number of nitrogens with zero attached hydrogens (tertiary/aromatic N) is 1. The highest BCUT2D eigenvalue weighted by Gasteiger charge is 2.20. The lowest BCUT2D eigenvalue weighted by molar-refractivity contribution is -0.113. The highest BCUT2D eigenvalue weighted by Crippen LogP contribution is 2.27. The number of rotatable bonds is 4. The van der Waals surface area contributed by atoms with Crippen LogP contribution in [0.5, 0.6) is 0 Å². The smallest absolute Gasteiger partial charge is 0.237 e. The van der Waals surface area contributed by atoms with Crippen LogP contribution in [0.2, 0.25) is 0 Å². The lowest BCUT2D eigenvalue weighted by Crippen LogP contribution is -2.15. The molecule has 1 N–H and O–H groups in total. The molecular weight excluding hydrogens is 272 g/mol. The Morgan fingerprint density at radius 2 is 2.05 bits per heavy atom. The van der Waals surface area contributed by atoms with Crippen molar-refractivity contribution in [2.45, 2.75) is 30.6 Å². The number of nitrogens with one attached hydrogen (secondary N) is 1. The zero-order chi connectivity index (χ0) is 13.8. The van der Waals surface area contributed by atoms with Crippen LogP contribution in [0.25, 0.3) is 0 Å². The van der Waals surface area contributed by atoms with Gasteiger partial charge in [-0.3, -0.25) is 10.1 Å². The van der Waals surface area contributed by atoms with Crippen LogP contribution in [0.1, 0.15) is 24.1 Å². The molecule has 2 aromatic rings. The Hall–Kier alpha value is -1.75. The normalized spacial score (nSPS) is 13.8. The van der Waals surface area contributed by atoms with Gasteiger partial charge in [0.25, 0.3) is 0 Å². The van der Waals surface area contributed by atoms with Crippen LogP contribution >= 0.6 is 11.8 Å². The summed E-state index contributed by atoms with van der Waals surface area (Å²) >= 11 is 1.51. The first-order valence-corrected chi connectivity index (χ1v) is 7.76. The van der Waals surface area contributed by atoms with Crippen molar-refractivity contribution in [1.82, 2.24) is 5.16 Å². The summed E-state index contributed by atoms with van der Waals surface area (Å²) in [6, 6.07) is 9.88. The number of carbonyl (C=O) groups excluding carboxylic acids is 1. The monoisotopic (exact) mass is 288 g/mol. The molecule has 0 bridgehead atoms. The molecule has 0 radical (unpaired) electrons. The van der Waals surface area contributed by atoms with E-state index < -0.39 is 0 Å². The summed E-state index contributed by atoms with van der Waals surface area (Å²) in [6.07, 6.45) is 4.18. The fourth-order valence-corrected chi connectivity index (χ4v) is 3.04. The van der Waals surface area contributed by atoms with Crippen molar-refractivity contribution < 1.29 is 9.32 Å². The maximum absolute atomic E-state index is 11.9. The third kappa shape index (κ3) is 3.04. The predicted molar refractivity (Wildman–Crippen MR) is 78.9 cm³/mol. The lowest BCUT2D eigenvalue weighted by Gasteiger charge is -2.09. The molecule has 1 amide bonds. The first-order chi connectivity index (χ1) is 9.83. The van der Waals surface area contributed by atoms with E-state index >= 15 is 0 Å². The summed E-state index contributed by atoms with van der Waals surface area (Å²) < 4.78 is 5.25. The molecule has 1 aliphatic carbocycles. The first kappa shape index (κ1) is 13.2. The summed E-state index contributed by atoms with van der Waals surface area (Å²) in [4.78, 5) is 13.0. The Balaban J connectivity index is 1.58. The summed E-state index contributed by atoms with van der Waals surface area (Å²) in [7, 11) is 0. The molecule has 0 fully saturated rings. The molecule has 20 heavy (non-hydrogen) atoms. The summed E-state index contributed by atoms with van der Waals surface area (Å²) in [5, 5.41) is 6.86. The standard InChI is InChI=1S/C15H16N2O2S/c18-14(10-20-11-6-2-1-3-7-11)16-15-12-8-4-5-9-13(12)17-19-15/h1-3,6-7H,4-5,8-10H2,(H,16,18). The topological polar surface area (TPSA) is 55.1 Å². The fraction of sp³-hybridized carbons (Fsp3) is 0.333. The molecule has 0 atom stereocenters. The lowest BCUT2D eigenvalue weighted by atomic mass is 9.98. The Bertz CT molecular complexity index is 595. The van der Waals surface area contributed by atoms with E-state index in [1.54, 1.807) is 0 Å². The van der Waals surface area contributed by atoms with Gasteiger partial charge < -0.3 is 4.52 Å². The molecule has 1 heterocycles. The van der Waals surface area contributed by atoms with Crippen molar-refractivity contribution in [3.05, 3.63) is 41.6 Å². The van der Waals surface area contributed by atoms with Gasteiger partial charge in [0.15, 0.2) is 0 Å². The van der Waals surface area contributed by atoms with Gasteiger partial charge in [0.2, 0.25) is 11.8 Å². The second-order valence-corrected chi connectivity index (χ2v) is 5.84. The third-order valence-electron chi connectivity index (χ3n) is 3.33. The van der Waals surface area contributed by atoms with Crippen molar-refractivity contribution in [2.75, 3.05) is 11.1 Å². The van der Waals surface area contributed by atoms with E-state index in [0.717, 1.165) is 41.8 Å². The zero-order valence-electron chi connectivity index (χ0n) is 11.1. The van der Waals surface area contributed by atoms with Crippen LogP contribution in [-0.4, -0.2) is 16.8 Å². The summed E-state index contributed by atoms with van der Waals surface area (Å²) in [6.45, 7) is 0. The fourth-order valence-electron chi connectivity index (χ4n) is 2.32. The SMILES string of the molecule is O=C(CSc1ccccc1)Nc1onc2c1CCCC2. The van der Waals surface area contributed by atoms with Crippen molar-refractivity contribution in [3.63, 3.8) is 0 Å². The van der Waals surface area contributed by atoms with Crippen LogP contribution in [0.15, 0.2) is 39.8 Å². The van der Waals surface area contributed by atoms with E-state index in [9.17, 15) is 4.79 Å². The molecule has 0 spiro atoms. The van der Waals surface area contributed by atoms with E-state index in [2.05, 4.69) is 10.5 Å². The minimum atomic E-state index is -0.0524. The molecule has 3 rings (SSSR count). The number of anilines is 1. The predicted octanol–water partition coefficient (Wildman–Crippen LogP) is 3.28. The van der Waals surface area contributed by atoms with Crippen molar-refractivity contribution in [1.29, 1.82) is 0 Å². The molecule has 0 saturated heterocycles. The van der Waals surface area contributed by atoms with Gasteiger partial charge in [-0.2, -0.15) is 0 Å². The van der Waals surface area contributed by atoms with Gasteiger partial charge in [-0.25, -0.2) is 0 Å². The number of aromatic nitrogens is 1. The van der Waals surface area contributed by atoms with Gasteiger partial charge in [0.1, 0.15) is 0 Å². The maximum Gasteiger partial charge on any atom is 0.237 e. The van der Waals surface area contributed by atoms with E-state index in [1.807, 2.05) is 30.3 Å². The largest absolute Gasteiger partial charge is 0.338 e. The van der Waals surface area contributed by atoms with Gasteiger partial charge in [-0.05, 0) is 37.8 Å². The minimum Gasteiger partial charge on any atom is -0.338 e. The van der Waals surface area contributed by atoms with Gasteiger partial charge in [0.05, 0.1) is 11.4 Å². The van der Waals surface area contributed by atoms with Gasteiger partial charge in [-0.15, -0.1) is 11.8 Å². The highest BCUT2D eigenvalue weighted by atomic mass is 32.2. The Morgan fingerprint density at radius 1 is 1.25 bits per heavy atom. The Kier molecular flexibility index (Phi) is 4.06. The van der Waals surface area contributed by atoms with Gasteiger partial charge >= 0.3 is 0 Å². The molecule has 0 aliphatic heterocycles. The summed E-state index contributed by atoms with van der Waals surface area (Å²) in [5.74, 6) is 0.862. The number of amides is 1. The molecule has 1 aliphatic rings. The van der Waals surface area contributed by atoms with Crippen molar-refractivity contribution in [2.24, 2.45) is 0 Å². The van der Waals surface area contributed by atoms with E-state index in [0.29, 0.717) is 11.6 Å². The van der Waals surface area contributed by atoms with Crippen LogP contribution in [0, 0.1) is 0 Å². The third-order valence-corrected chi connectivity index (χ3v) is 4.34. The quantitative estimate of drug-likeness (QED) is 0.877. The molecule has 1 aromatic heterocycles. The number of hydrogen-bond donors (Lipinski definition) is 1. The van der Waals surface area contributed by atoms with Crippen LogP contribution in [-0.2, 0) is 17.6 Å². The molecule has 0 unspecified atom stereocenters. The maximum atomic E-state index is 11.9. The number of thioether (sulfide) groups is 1. The second kappa shape index (κ2) is 6.13. The Labute approximate surface area is 121 Å². The Morgan fingerprint density at radius 3 is 2.90 bits per heavy atom. The van der Waals surface area contributed by atoms with Crippen LogP contribution in [0.4, 0.5) is 5.88 Å². The molecule has 1 aromatic carbocycles. The van der Waals surface area contributed by atoms with E-state index in [-0.39, 0.29) is 5.91 Å². The zero-order valence-corrected chi connectivity index (χ0v) is 11.9. The average Bonchev–Trinajstić information content (AvgIpc) is 2.90. The number of aryl methyl sites for hydroxylation is 1. The van der Waals surface area contributed by atoms with Gasteiger partial charge in [0, 0.05) is 10.5 Å². The number of fused-ring (bicyclic) bond motifs is 1. The molecular formula is C15H16N2O2S. The minimum absolute atomic E-state index is 0.0524. The van der Waals surface area contributed by atoms with E-state index in [4.69, 9.17) is 4.52 Å². The van der Waals surface area contributed by atoms with Crippen molar-refractivity contribution >= 4 is 23.6 Å². The molecule has 4 nitrogen and oxygen atoms in total. The number of carbonyl (C=O) groups is 1. The highest BCUT2D eigenvalue weighted by molar-refractivity contribution is 8.00. The average molecular weight is 288 g/mol. The van der Waals surface area contributed by atoms with Crippen molar-refractivity contribution in [3.8, 4) is 0 Å². The second-order valence-electron chi connectivity index (χ2n) is 4.79. The summed E-state index contributed by atoms with van der Waals surface area (Å²) in [5.41, 5.74) is 2.08. The first-order valence-electron chi connectivity index (χ1n) is 6.78. The number of benzene rings is 1. The van der Waals surface area contributed by atoms with Gasteiger partial charge in [-0.1, -0.05) is 23.4 Å². The van der Waals surface area contributed by atoms with Crippen LogP contribution < -0.4 is 5.32 Å². The van der Waals surface area contributed by atoms with Crippen LogP contribution in [0.3, 0.4) is 0 Å². The number of hydrogen-bond acceptors (Lipinski definition) is 4. The van der Waals surface area contributed by atoms with E-state index in [1.165, 1.54) is 11.8 Å².